The van der Waals surface area contributed by atoms with Gasteiger partial charge in [-0.25, -0.2) is 9.97 Å². The van der Waals surface area contributed by atoms with Crippen molar-refractivity contribution in [1.29, 1.82) is 0 Å². The molecule has 0 radical (unpaired) electrons. The summed E-state index contributed by atoms with van der Waals surface area (Å²) in [7, 11) is 0. The van der Waals surface area contributed by atoms with E-state index in [-0.39, 0.29) is 18.5 Å². The summed E-state index contributed by atoms with van der Waals surface area (Å²) in [6, 6.07) is 5.79. The van der Waals surface area contributed by atoms with Crippen LogP contribution in [0.5, 0.6) is 0 Å². The zero-order valence-electron chi connectivity index (χ0n) is 18.5. The topological polar surface area (TPSA) is 93.7 Å². The molecule has 0 bridgehead atoms. The van der Waals surface area contributed by atoms with E-state index in [1.165, 1.54) is 4.90 Å². The average Bonchev–Trinajstić information content (AvgIpc) is 3.03. The normalized spacial score (nSPS) is 16.8. The molecule has 4 rings (SSSR count). The van der Waals surface area contributed by atoms with Crippen molar-refractivity contribution in [2.24, 2.45) is 0 Å². The van der Waals surface area contributed by atoms with Crippen LogP contribution in [0.2, 0.25) is 5.02 Å². The van der Waals surface area contributed by atoms with Gasteiger partial charge in [-0.3, -0.25) is 9.59 Å². The Morgan fingerprint density at radius 2 is 2.06 bits per heavy atom. The minimum Gasteiger partial charge on any atom is -0.459 e. The number of ether oxygens (including phenoxy) is 2. The minimum absolute atomic E-state index is 0.0897. The van der Waals surface area contributed by atoms with Gasteiger partial charge in [0.2, 0.25) is 5.95 Å². The lowest BCUT2D eigenvalue weighted by molar-refractivity contribution is -0.155. The van der Waals surface area contributed by atoms with Crippen LogP contribution in [0.15, 0.2) is 24.4 Å². The fourth-order valence-electron chi connectivity index (χ4n) is 3.83. The highest BCUT2D eigenvalue weighted by Crippen LogP contribution is 2.31. The Morgan fingerprint density at radius 1 is 1.31 bits per heavy atom. The van der Waals surface area contributed by atoms with Crippen LogP contribution in [0.3, 0.4) is 0 Å². The molecule has 0 aliphatic carbocycles. The number of amides is 1. The first-order valence-corrected chi connectivity index (χ1v) is 11.1. The quantitative estimate of drug-likeness (QED) is 0.683. The summed E-state index contributed by atoms with van der Waals surface area (Å²) in [6.45, 7) is 7.10. The highest BCUT2D eigenvalue weighted by atomic mass is 35.5. The molecule has 1 N–H and O–H groups in total. The SMILES string of the molecule is CC(C)(C)OC(=O)CN1Cc2ccc(-c3nc(NC4CCOCC4)ncc3Cl)cc2C1=O. The standard InChI is InChI=1S/C23H27ClN4O4/c1-23(2,3)32-19(29)13-28-12-15-5-4-14(10-17(15)21(28)30)20-18(24)11-25-22(27-20)26-16-6-8-31-9-7-16/h4-5,10-11,16H,6-9,12-13H2,1-3H3,(H,25,26,27). The van der Waals surface area contributed by atoms with Gasteiger partial charge in [0.15, 0.2) is 0 Å². The second-order valence-electron chi connectivity index (χ2n) is 9.04. The molecule has 32 heavy (non-hydrogen) atoms. The number of rotatable bonds is 5. The Bertz CT molecular complexity index is 1030. The molecule has 2 aliphatic rings. The van der Waals surface area contributed by atoms with Crippen LogP contribution in [-0.4, -0.2) is 58.1 Å². The van der Waals surface area contributed by atoms with Gasteiger partial charge in [0.1, 0.15) is 12.1 Å². The van der Waals surface area contributed by atoms with Gasteiger partial charge in [-0.15, -0.1) is 0 Å². The first kappa shape index (κ1) is 22.5. The summed E-state index contributed by atoms with van der Waals surface area (Å²) in [5.41, 5.74) is 2.07. The van der Waals surface area contributed by atoms with Gasteiger partial charge in [0.05, 0.1) is 16.9 Å². The van der Waals surface area contributed by atoms with Crippen LogP contribution in [-0.2, 0) is 20.8 Å². The average molecular weight is 459 g/mol. The van der Waals surface area contributed by atoms with Gasteiger partial charge in [-0.2, -0.15) is 0 Å². The van der Waals surface area contributed by atoms with Crippen molar-refractivity contribution in [3.05, 3.63) is 40.5 Å². The monoisotopic (exact) mass is 458 g/mol. The molecule has 170 valence electrons. The van der Waals surface area contributed by atoms with E-state index in [4.69, 9.17) is 21.1 Å². The van der Waals surface area contributed by atoms with Crippen molar-refractivity contribution in [1.82, 2.24) is 14.9 Å². The number of halogens is 1. The molecule has 2 aromatic rings. The van der Waals surface area contributed by atoms with Crippen molar-refractivity contribution in [2.75, 3.05) is 25.1 Å². The largest absolute Gasteiger partial charge is 0.459 e. The van der Waals surface area contributed by atoms with Gasteiger partial charge in [-0.1, -0.05) is 23.7 Å². The van der Waals surface area contributed by atoms with E-state index in [1.807, 2.05) is 12.1 Å². The Morgan fingerprint density at radius 3 is 2.78 bits per heavy atom. The second-order valence-corrected chi connectivity index (χ2v) is 9.45. The fraction of sp³-hybridized carbons (Fsp3) is 0.478. The van der Waals surface area contributed by atoms with E-state index in [2.05, 4.69) is 15.3 Å². The molecule has 0 spiro atoms. The maximum atomic E-state index is 12.9. The third-order valence-electron chi connectivity index (χ3n) is 5.30. The molecule has 8 nitrogen and oxygen atoms in total. The van der Waals surface area contributed by atoms with Crippen LogP contribution >= 0.6 is 11.6 Å². The van der Waals surface area contributed by atoms with Crippen LogP contribution in [0.25, 0.3) is 11.3 Å². The first-order chi connectivity index (χ1) is 15.2. The smallest absolute Gasteiger partial charge is 0.326 e. The summed E-state index contributed by atoms with van der Waals surface area (Å²) in [5, 5.41) is 3.74. The van der Waals surface area contributed by atoms with Gasteiger partial charge < -0.3 is 19.7 Å². The maximum Gasteiger partial charge on any atom is 0.326 e. The Balaban J connectivity index is 1.52. The van der Waals surface area contributed by atoms with E-state index in [0.29, 0.717) is 42.0 Å². The molecule has 1 saturated heterocycles. The number of nitrogens with one attached hydrogen (secondary N) is 1. The molecule has 1 fully saturated rings. The molecule has 3 heterocycles. The number of fused-ring (bicyclic) bond motifs is 1. The summed E-state index contributed by atoms with van der Waals surface area (Å²) in [4.78, 5) is 35.5. The number of hydrogen-bond acceptors (Lipinski definition) is 7. The van der Waals surface area contributed by atoms with Crippen LogP contribution in [0.4, 0.5) is 5.95 Å². The minimum atomic E-state index is -0.597. The van der Waals surface area contributed by atoms with Crippen molar-refractivity contribution in [3.63, 3.8) is 0 Å². The lowest BCUT2D eigenvalue weighted by Crippen LogP contribution is -2.35. The zero-order chi connectivity index (χ0) is 22.9. The third kappa shape index (κ3) is 5.19. The van der Waals surface area contributed by atoms with E-state index in [1.54, 1.807) is 33.0 Å². The molecular formula is C23H27ClN4O4. The molecule has 1 aromatic carbocycles. The summed E-state index contributed by atoms with van der Waals surface area (Å²) >= 11 is 6.39. The summed E-state index contributed by atoms with van der Waals surface area (Å²) in [5.74, 6) is -0.144. The first-order valence-electron chi connectivity index (χ1n) is 10.7. The predicted octanol–water partition coefficient (Wildman–Crippen LogP) is 3.69. The fourth-order valence-corrected chi connectivity index (χ4v) is 4.03. The van der Waals surface area contributed by atoms with Crippen LogP contribution in [0.1, 0.15) is 49.5 Å². The number of benzene rings is 1. The maximum absolute atomic E-state index is 12.9. The van der Waals surface area contributed by atoms with Crippen LogP contribution in [0, 0.1) is 0 Å². The number of aromatic nitrogens is 2. The zero-order valence-corrected chi connectivity index (χ0v) is 19.2. The molecule has 2 aliphatic heterocycles. The Labute approximate surface area is 192 Å². The van der Waals surface area contributed by atoms with Crippen LogP contribution < -0.4 is 5.32 Å². The van der Waals surface area contributed by atoms with Gasteiger partial charge >= 0.3 is 5.97 Å². The van der Waals surface area contributed by atoms with E-state index >= 15 is 0 Å². The van der Waals surface area contributed by atoms with Crippen molar-refractivity contribution in [2.45, 2.75) is 51.8 Å². The highest BCUT2D eigenvalue weighted by molar-refractivity contribution is 6.33. The number of hydrogen-bond donors (Lipinski definition) is 1. The molecule has 1 amide bonds. The lowest BCUT2D eigenvalue weighted by Gasteiger charge is -2.23. The number of esters is 1. The summed E-state index contributed by atoms with van der Waals surface area (Å²) in [6.07, 6.45) is 3.35. The lowest BCUT2D eigenvalue weighted by atomic mass is 10.0. The van der Waals surface area contributed by atoms with Crippen molar-refractivity contribution in [3.8, 4) is 11.3 Å². The molecule has 0 saturated carbocycles. The number of carbonyl (C=O) groups is 2. The van der Waals surface area contributed by atoms with Crippen molar-refractivity contribution < 1.29 is 19.1 Å². The second kappa shape index (κ2) is 9.03. The molecule has 9 heteroatoms. The van der Waals surface area contributed by atoms with E-state index in [0.717, 1.165) is 24.0 Å². The number of nitrogens with zero attached hydrogens (tertiary/aromatic N) is 3. The van der Waals surface area contributed by atoms with Crippen molar-refractivity contribution >= 4 is 29.4 Å². The third-order valence-corrected chi connectivity index (χ3v) is 5.58. The number of carbonyl (C=O) groups excluding carboxylic acids is 2. The van der Waals surface area contributed by atoms with E-state index < -0.39 is 11.6 Å². The molecule has 0 atom stereocenters. The highest BCUT2D eigenvalue weighted by Gasteiger charge is 2.31. The molecular weight excluding hydrogens is 432 g/mol. The molecule has 0 unspecified atom stereocenters. The van der Waals surface area contributed by atoms with Gasteiger partial charge in [0.25, 0.3) is 5.91 Å². The number of anilines is 1. The van der Waals surface area contributed by atoms with Gasteiger partial charge in [-0.05, 0) is 45.2 Å². The van der Waals surface area contributed by atoms with Gasteiger partial charge in [0, 0.05) is 36.9 Å². The molecule has 1 aromatic heterocycles. The van der Waals surface area contributed by atoms with E-state index in [9.17, 15) is 9.59 Å². The summed E-state index contributed by atoms with van der Waals surface area (Å²) < 4.78 is 10.7. The Hall–Kier alpha value is -2.71. The Kier molecular flexibility index (Phi) is 6.35. The predicted molar refractivity (Wildman–Crippen MR) is 121 cm³/mol.